The first kappa shape index (κ1) is 19.2. The van der Waals surface area contributed by atoms with Crippen LogP contribution in [0.5, 0.6) is 11.5 Å². The molecule has 1 amide bonds. The normalized spacial score (nSPS) is 10.5. The van der Waals surface area contributed by atoms with Crippen molar-refractivity contribution in [3.63, 3.8) is 0 Å². The molecular weight excluding hydrogens is 362 g/mol. The summed E-state index contributed by atoms with van der Waals surface area (Å²) in [6.45, 7) is 0.244. The Balaban J connectivity index is 1.60. The smallest absolute Gasteiger partial charge is 0.442 e. The van der Waals surface area contributed by atoms with Crippen LogP contribution in [-0.4, -0.2) is 36.4 Å². The minimum absolute atomic E-state index is 0.168. The number of aromatic nitrogens is 2. The Morgan fingerprint density at radius 2 is 1.86 bits per heavy atom. The number of hydrogen-bond donors (Lipinski definition) is 1. The monoisotopic (exact) mass is 383 g/mol. The van der Waals surface area contributed by atoms with Crippen LogP contribution >= 0.6 is 0 Å². The Labute approximate surface area is 161 Å². The van der Waals surface area contributed by atoms with E-state index in [-0.39, 0.29) is 12.5 Å². The molecule has 0 bridgehead atoms. The molecule has 0 radical (unpaired) electrons. The fourth-order valence-electron chi connectivity index (χ4n) is 2.78. The van der Waals surface area contributed by atoms with Crippen molar-refractivity contribution < 1.29 is 18.8 Å². The van der Waals surface area contributed by atoms with Gasteiger partial charge in [-0.05, 0) is 24.1 Å². The summed E-state index contributed by atoms with van der Waals surface area (Å²) in [6, 6.07) is 14.7. The fraction of sp³-hybridized carbons (Fsp3) is 0.250. The predicted octanol–water partition coefficient (Wildman–Crippen LogP) is 1.88. The number of hydrogen-bond acceptors (Lipinski definition) is 6. The topological polar surface area (TPSA) is 95.6 Å². The van der Waals surface area contributed by atoms with Gasteiger partial charge in [-0.25, -0.2) is 9.36 Å². The highest BCUT2D eigenvalue weighted by Crippen LogP contribution is 2.27. The average Bonchev–Trinajstić information content (AvgIpc) is 3.08. The molecule has 0 unspecified atom stereocenters. The van der Waals surface area contributed by atoms with Crippen LogP contribution in [0.3, 0.4) is 0 Å². The van der Waals surface area contributed by atoms with Crippen LogP contribution in [0.4, 0.5) is 0 Å². The molecule has 0 spiro atoms. The Morgan fingerprint density at radius 3 is 2.57 bits per heavy atom. The minimum Gasteiger partial charge on any atom is -0.493 e. The average molecular weight is 383 g/mol. The molecule has 1 aromatic heterocycles. The van der Waals surface area contributed by atoms with Gasteiger partial charge in [0.25, 0.3) is 0 Å². The number of nitrogens with zero attached hydrogens (tertiary/aromatic N) is 2. The van der Waals surface area contributed by atoms with E-state index in [9.17, 15) is 9.59 Å². The summed E-state index contributed by atoms with van der Waals surface area (Å²) < 4.78 is 16.4. The zero-order valence-corrected chi connectivity index (χ0v) is 15.7. The van der Waals surface area contributed by atoms with E-state index in [1.807, 2.05) is 36.4 Å². The van der Waals surface area contributed by atoms with E-state index in [0.29, 0.717) is 35.9 Å². The third kappa shape index (κ3) is 4.40. The molecule has 0 aliphatic carbocycles. The Hall–Kier alpha value is -3.55. The molecule has 8 heteroatoms. The zero-order chi connectivity index (χ0) is 19.9. The molecule has 0 aliphatic heterocycles. The van der Waals surface area contributed by atoms with Crippen LogP contribution in [0, 0.1) is 0 Å². The second-order valence-corrected chi connectivity index (χ2v) is 6.01. The van der Waals surface area contributed by atoms with E-state index in [0.717, 1.165) is 5.56 Å². The van der Waals surface area contributed by atoms with Gasteiger partial charge in [0.15, 0.2) is 17.3 Å². The fourth-order valence-corrected chi connectivity index (χ4v) is 2.78. The van der Waals surface area contributed by atoms with Gasteiger partial charge in [0.2, 0.25) is 5.91 Å². The third-order valence-electron chi connectivity index (χ3n) is 4.20. The van der Waals surface area contributed by atoms with Gasteiger partial charge < -0.3 is 14.8 Å². The number of methoxy groups -OCH3 is 2. The van der Waals surface area contributed by atoms with Gasteiger partial charge in [-0.1, -0.05) is 41.6 Å². The Bertz CT molecular complexity index is 995. The van der Waals surface area contributed by atoms with Gasteiger partial charge in [0.05, 0.1) is 14.2 Å². The summed E-state index contributed by atoms with van der Waals surface area (Å²) in [6.07, 6.45) is 0.607. The number of carbonyl (C=O) groups is 1. The molecule has 146 valence electrons. The van der Waals surface area contributed by atoms with Crippen LogP contribution in [0.15, 0.2) is 57.8 Å². The largest absolute Gasteiger partial charge is 0.493 e. The third-order valence-corrected chi connectivity index (χ3v) is 4.20. The Kier molecular flexibility index (Phi) is 6.11. The molecule has 0 saturated carbocycles. The maximum Gasteiger partial charge on any atom is 0.442 e. The van der Waals surface area contributed by atoms with Gasteiger partial charge in [0, 0.05) is 12.1 Å². The predicted molar refractivity (Wildman–Crippen MR) is 102 cm³/mol. The first-order valence-electron chi connectivity index (χ1n) is 8.72. The van der Waals surface area contributed by atoms with Crippen molar-refractivity contribution in [3.05, 3.63) is 64.6 Å². The van der Waals surface area contributed by atoms with Crippen LogP contribution in [-0.2, 0) is 17.8 Å². The molecule has 0 fully saturated rings. The van der Waals surface area contributed by atoms with E-state index in [1.54, 1.807) is 26.4 Å². The molecule has 8 nitrogen and oxygen atoms in total. The summed E-state index contributed by atoms with van der Waals surface area (Å²) in [4.78, 5) is 24.2. The molecule has 0 saturated heterocycles. The lowest BCUT2D eigenvalue weighted by Gasteiger charge is -2.10. The summed E-state index contributed by atoms with van der Waals surface area (Å²) in [5.41, 5.74) is 1.69. The highest BCUT2D eigenvalue weighted by molar-refractivity contribution is 5.76. The molecule has 0 aliphatic rings. The van der Waals surface area contributed by atoms with Gasteiger partial charge in [-0.15, -0.1) is 0 Å². The molecule has 28 heavy (non-hydrogen) atoms. The number of rotatable bonds is 8. The highest BCUT2D eigenvalue weighted by Gasteiger charge is 2.15. The lowest BCUT2D eigenvalue weighted by Crippen LogP contribution is -2.32. The number of nitrogens with one attached hydrogen (secondary N) is 1. The first-order chi connectivity index (χ1) is 13.6. The van der Waals surface area contributed by atoms with Gasteiger partial charge in [-0.2, -0.15) is 0 Å². The lowest BCUT2D eigenvalue weighted by atomic mass is 10.1. The van der Waals surface area contributed by atoms with Crippen molar-refractivity contribution >= 4 is 5.91 Å². The van der Waals surface area contributed by atoms with E-state index >= 15 is 0 Å². The second kappa shape index (κ2) is 8.90. The number of benzene rings is 2. The minimum atomic E-state index is -0.672. The van der Waals surface area contributed by atoms with Gasteiger partial charge >= 0.3 is 5.76 Å². The number of ether oxygens (including phenoxy) is 2. The molecule has 3 rings (SSSR count). The molecule has 1 N–H and O–H groups in total. The number of amides is 1. The van der Waals surface area contributed by atoms with Gasteiger partial charge in [0.1, 0.15) is 6.54 Å². The first-order valence-corrected chi connectivity index (χ1v) is 8.72. The summed E-state index contributed by atoms with van der Waals surface area (Å²) >= 11 is 0. The van der Waals surface area contributed by atoms with E-state index < -0.39 is 5.76 Å². The molecule has 3 aromatic rings. The van der Waals surface area contributed by atoms with Crippen molar-refractivity contribution in [1.29, 1.82) is 0 Å². The van der Waals surface area contributed by atoms with Crippen LogP contribution < -0.4 is 20.5 Å². The molecule has 2 aromatic carbocycles. The summed E-state index contributed by atoms with van der Waals surface area (Å²) in [5.74, 6) is 0.628. The van der Waals surface area contributed by atoms with Crippen LogP contribution in [0.2, 0.25) is 0 Å². The van der Waals surface area contributed by atoms with Crippen molar-refractivity contribution in [1.82, 2.24) is 15.0 Å². The summed E-state index contributed by atoms with van der Waals surface area (Å²) in [5, 5.41) is 6.57. The molecular formula is C20H21N3O5. The molecule has 0 atom stereocenters. The van der Waals surface area contributed by atoms with Gasteiger partial charge in [-0.3, -0.25) is 9.32 Å². The Morgan fingerprint density at radius 1 is 1.11 bits per heavy atom. The van der Waals surface area contributed by atoms with E-state index in [1.165, 1.54) is 4.57 Å². The second-order valence-electron chi connectivity index (χ2n) is 6.01. The van der Waals surface area contributed by atoms with Crippen molar-refractivity contribution in [2.45, 2.75) is 13.0 Å². The van der Waals surface area contributed by atoms with E-state index in [4.69, 9.17) is 14.0 Å². The number of carbonyl (C=O) groups excluding carboxylic acids is 1. The van der Waals surface area contributed by atoms with Crippen LogP contribution in [0.1, 0.15) is 5.56 Å². The maximum absolute atomic E-state index is 12.3. The van der Waals surface area contributed by atoms with E-state index in [2.05, 4.69) is 10.5 Å². The lowest BCUT2D eigenvalue weighted by molar-refractivity contribution is -0.121. The molecule has 1 heterocycles. The quantitative estimate of drug-likeness (QED) is 0.638. The maximum atomic E-state index is 12.3. The van der Waals surface area contributed by atoms with Crippen molar-refractivity contribution in [3.8, 4) is 22.9 Å². The zero-order valence-electron chi connectivity index (χ0n) is 15.7. The van der Waals surface area contributed by atoms with Crippen molar-refractivity contribution in [2.75, 3.05) is 20.8 Å². The van der Waals surface area contributed by atoms with Crippen LogP contribution in [0.25, 0.3) is 11.4 Å². The van der Waals surface area contributed by atoms with Crippen molar-refractivity contribution in [2.24, 2.45) is 0 Å². The SMILES string of the molecule is COc1ccc(CCNC(=O)Cn2c(-c3ccccc3)noc2=O)cc1OC. The standard InChI is InChI=1S/C20H21N3O5/c1-26-16-9-8-14(12-17(16)27-2)10-11-21-18(24)13-23-19(22-28-20(23)25)15-6-4-3-5-7-15/h3-9,12H,10-11,13H2,1-2H3,(H,21,24). The summed E-state index contributed by atoms with van der Waals surface area (Å²) in [7, 11) is 3.15. The highest BCUT2D eigenvalue weighted by atomic mass is 16.5.